The summed E-state index contributed by atoms with van der Waals surface area (Å²) < 4.78 is 0. The molecule has 0 aliphatic carbocycles. The van der Waals surface area contributed by atoms with Crippen LogP contribution in [0.1, 0.15) is 33.6 Å². The lowest BCUT2D eigenvalue weighted by molar-refractivity contribution is 0.189. The van der Waals surface area contributed by atoms with E-state index in [4.69, 9.17) is 0 Å². The van der Waals surface area contributed by atoms with Gasteiger partial charge >= 0.3 is 6.03 Å². The van der Waals surface area contributed by atoms with E-state index in [1.807, 2.05) is 17.2 Å². The minimum absolute atomic E-state index is 0.0705. The lowest BCUT2D eigenvalue weighted by atomic mass is 10.2. The molecule has 6 nitrogen and oxygen atoms in total. The molecule has 1 aliphatic heterocycles. The van der Waals surface area contributed by atoms with Crippen LogP contribution in [0.2, 0.25) is 0 Å². The van der Waals surface area contributed by atoms with Crippen molar-refractivity contribution in [3.05, 3.63) is 24.5 Å². The first kappa shape index (κ1) is 19.5. The van der Waals surface area contributed by atoms with Crippen molar-refractivity contribution in [3.8, 4) is 0 Å². The van der Waals surface area contributed by atoms with E-state index in [2.05, 4.69) is 46.9 Å². The summed E-state index contributed by atoms with van der Waals surface area (Å²) in [4.78, 5) is 23.2. The number of carbonyl (C=O) groups is 1. The van der Waals surface area contributed by atoms with Crippen molar-refractivity contribution in [1.82, 2.24) is 20.1 Å². The average molecular weight is 348 g/mol. The van der Waals surface area contributed by atoms with Crippen molar-refractivity contribution in [2.45, 2.75) is 39.7 Å². The number of amides is 2. The number of urea groups is 1. The fraction of sp³-hybridized carbons (Fsp3) is 0.684. The van der Waals surface area contributed by atoms with Crippen LogP contribution < -0.4 is 10.2 Å². The maximum absolute atomic E-state index is 12.4. The number of nitrogens with one attached hydrogen (secondary N) is 1. The van der Waals surface area contributed by atoms with Crippen LogP contribution in [0.3, 0.4) is 0 Å². The van der Waals surface area contributed by atoms with E-state index in [9.17, 15) is 4.79 Å². The second kappa shape index (κ2) is 10.2. The maximum atomic E-state index is 12.4. The van der Waals surface area contributed by atoms with Crippen molar-refractivity contribution in [2.24, 2.45) is 0 Å². The van der Waals surface area contributed by atoms with Crippen molar-refractivity contribution >= 4 is 11.7 Å². The molecule has 2 amide bonds. The van der Waals surface area contributed by atoms with Crippen molar-refractivity contribution in [2.75, 3.05) is 50.7 Å². The van der Waals surface area contributed by atoms with E-state index < -0.39 is 0 Å². The number of anilines is 1. The largest absolute Gasteiger partial charge is 0.367 e. The molecule has 140 valence electrons. The number of hydrogen-bond donors (Lipinski definition) is 1. The molecule has 0 saturated carbocycles. The summed E-state index contributed by atoms with van der Waals surface area (Å²) in [6.07, 6.45) is 5.82. The minimum Gasteiger partial charge on any atom is -0.367 e. The molecule has 6 heteroatoms. The van der Waals surface area contributed by atoms with Gasteiger partial charge in [0.1, 0.15) is 0 Å². The lowest BCUT2D eigenvalue weighted by Crippen LogP contribution is -2.53. The zero-order valence-electron chi connectivity index (χ0n) is 15.9. The molecular weight excluding hydrogens is 314 g/mol. The molecular formula is C19H33N5O. The van der Waals surface area contributed by atoms with Crippen LogP contribution in [0.4, 0.5) is 10.5 Å². The second-order valence-electron chi connectivity index (χ2n) is 6.70. The van der Waals surface area contributed by atoms with Gasteiger partial charge in [-0.2, -0.15) is 0 Å². The van der Waals surface area contributed by atoms with Crippen LogP contribution in [0.5, 0.6) is 0 Å². The molecule has 1 fully saturated rings. The van der Waals surface area contributed by atoms with E-state index >= 15 is 0 Å². The molecule has 2 heterocycles. The highest BCUT2D eigenvalue weighted by molar-refractivity contribution is 5.74. The molecule has 1 saturated heterocycles. The Bertz CT molecular complexity index is 498. The Balaban J connectivity index is 1.68. The first-order valence-corrected chi connectivity index (χ1v) is 9.56. The summed E-state index contributed by atoms with van der Waals surface area (Å²) in [5, 5.41) is 3.15. The van der Waals surface area contributed by atoms with E-state index in [-0.39, 0.29) is 12.1 Å². The molecule has 0 bridgehead atoms. The third-order valence-corrected chi connectivity index (χ3v) is 4.95. The Morgan fingerprint density at radius 1 is 1.28 bits per heavy atom. The molecule has 0 radical (unpaired) electrons. The number of aromatic nitrogens is 1. The molecule has 2 rings (SSSR count). The third-order valence-electron chi connectivity index (χ3n) is 4.95. The van der Waals surface area contributed by atoms with Crippen molar-refractivity contribution in [1.29, 1.82) is 0 Å². The Morgan fingerprint density at radius 2 is 2.00 bits per heavy atom. The van der Waals surface area contributed by atoms with Gasteiger partial charge in [-0.1, -0.05) is 13.8 Å². The number of pyridine rings is 1. The zero-order valence-corrected chi connectivity index (χ0v) is 15.9. The lowest BCUT2D eigenvalue weighted by Gasteiger charge is -2.36. The minimum atomic E-state index is 0.0705. The standard InChI is InChI=1S/C19H33N5O/c1-4-22(5-2)11-7-8-17(3)21-19(25)24-14-12-23(13-15-24)18-9-6-10-20-16-18/h6,9-10,16-17H,4-5,7-8,11-15H2,1-3H3,(H,21,25)/t17-/m1/s1. The van der Waals surface area contributed by atoms with E-state index in [1.165, 1.54) is 0 Å². The van der Waals surface area contributed by atoms with Gasteiger partial charge in [0.05, 0.1) is 11.9 Å². The second-order valence-corrected chi connectivity index (χ2v) is 6.70. The molecule has 1 aromatic rings. The van der Waals surface area contributed by atoms with Gasteiger partial charge < -0.3 is 20.0 Å². The van der Waals surface area contributed by atoms with Crippen LogP contribution in [-0.4, -0.2) is 72.7 Å². The number of rotatable bonds is 8. The summed E-state index contributed by atoms with van der Waals surface area (Å²) in [6.45, 7) is 13.0. The number of piperazine rings is 1. The number of nitrogens with zero attached hydrogens (tertiary/aromatic N) is 4. The number of carbonyl (C=O) groups excluding carboxylic acids is 1. The first-order valence-electron chi connectivity index (χ1n) is 9.56. The third kappa shape index (κ3) is 6.20. The first-order chi connectivity index (χ1) is 12.1. The van der Waals surface area contributed by atoms with Gasteiger partial charge in [0, 0.05) is 38.4 Å². The molecule has 0 spiro atoms. The molecule has 0 aromatic carbocycles. The predicted octanol–water partition coefficient (Wildman–Crippen LogP) is 2.42. The Hall–Kier alpha value is -1.82. The molecule has 1 N–H and O–H groups in total. The van der Waals surface area contributed by atoms with Gasteiger partial charge in [-0.15, -0.1) is 0 Å². The van der Waals surface area contributed by atoms with Crippen LogP contribution in [0.25, 0.3) is 0 Å². The number of hydrogen-bond acceptors (Lipinski definition) is 4. The quantitative estimate of drug-likeness (QED) is 0.785. The maximum Gasteiger partial charge on any atom is 0.317 e. The van der Waals surface area contributed by atoms with Gasteiger partial charge in [0.2, 0.25) is 0 Å². The van der Waals surface area contributed by atoms with E-state index in [1.54, 1.807) is 6.20 Å². The Morgan fingerprint density at radius 3 is 2.60 bits per heavy atom. The highest BCUT2D eigenvalue weighted by Gasteiger charge is 2.22. The molecule has 1 atom stereocenters. The fourth-order valence-corrected chi connectivity index (χ4v) is 3.24. The molecule has 1 aromatic heterocycles. The predicted molar refractivity (Wildman–Crippen MR) is 103 cm³/mol. The van der Waals surface area contributed by atoms with Crippen LogP contribution in [-0.2, 0) is 0 Å². The smallest absolute Gasteiger partial charge is 0.317 e. The molecule has 25 heavy (non-hydrogen) atoms. The summed E-state index contributed by atoms with van der Waals surface area (Å²) in [5.41, 5.74) is 1.13. The monoisotopic (exact) mass is 347 g/mol. The van der Waals surface area contributed by atoms with Crippen molar-refractivity contribution in [3.63, 3.8) is 0 Å². The zero-order chi connectivity index (χ0) is 18.1. The van der Waals surface area contributed by atoms with Gasteiger partial charge in [-0.05, 0) is 51.5 Å². The van der Waals surface area contributed by atoms with E-state index in [0.29, 0.717) is 0 Å². The molecule has 1 aliphatic rings. The van der Waals surface area contributed by atoms with Gasteiger partial charge in [0.15, 0.2) is 0 Å². The summed E-state index contributed by atoms with van der Waals surface area (Å²) in [7, 11) is 0. The summed E-state index contributed by atoms with van der Waals surface area (Å²) in [6, 6.07) is 4.32. The SMILES string of the molecule is CCN(CC)CCC[C@@H](C)NC(=O)N1CCN(c2cccnc2)CC1. The van der Waals surface area contributed by atoms with Gasteiger partial charge in [-0.3, -0.25) is 4.98 Å². The fourth-order valence-electron chi connectivity index (χ4n) is 3.24. The van der Waals surface area contributed by atoms with Crippen LogP contribution in [0, 0.1) is 0 Å². The Labute approximate surface area is 152 Å². The van der Waals surface area contributed by atoms with Crippen LogP contribution >= 0.6 is 0 Å². The Kier molecular flexibility index (Phi) is 7.98. The summed E-state index contributed by atoms with van der Waals surface area (Å²) >= 11 is 0. The van der Waals surface area contributed by atoms with Gasteiger partial charge in [-0.25, -0.2) is 4.79 Å². The van der Waals surface area contributed by atoms with Crippen molar-refractivity contribution < 1.29 is 4.79 Å². The van der Waals surface area contributed by atoms with Gasteiger partial charge in [0.25, 0.3) is 0 Å². The van der Waals surface area contributed by atoms with E-state index in [0.717, 1.165) is 64.3 Å². The highest BCUT2D eigenvalue weighted by Crippen LogP contribution is 2.14. The topological polar surface area (TPSA) is 51.7 Å². The normalized spacial score (nSPS) is 16.2. The van der Waals surface area contributed by atoms with Crippen LogP contribution in [0.15, 0.2) is 24.5 Å². The average Bonchev–Trinajstić information content (AvgIpc) is 2.66. The highest BCUT2D eigenvalue weighted by atomic mass is 16.2. The summed E-state index contributed by atoms with van der Waals surface area (Å²) in [5.74, 6) is 0. The molecule has 0 unspecified atom stereocenters.